The summed E-state index contributed by atoms with van der Waals surface area (Å²) in [5, 5.41) is 0. The molecule has 0 unspecified atom stereocenters. The van der Waals surface area contributed by atoms with Gasteiger partial charge in [-0.05, 0) is 48.6 Å². The van der Waals surface area contributed by atoms with E-state index in [9.17, 15) is 9.59 Å². The van der Waals surface area contributed by atoms with Crippen LogP contribution in [0.5, 0.6) is 0 Å². The highest BCUT2D eigenvalue weighted by Crippen LogP contribution is 2.26. The Balaban J connectivity index is 2.16. The molecule has 0 radical (unpaired) electrons. The van der Waals surface area contributed by atoms with Crippen molar-refractivity contribution in [3.8, 4) is 0 Å². The van der Waals surface area contributed by atoms with Gasteiger partial charge < -0.3 is 4.74 Å². The van der Waals surface area contributed by atoms with Crippen molar-refractivity contribution in [2.45, 2.75) is 20.0 Å². The lowest BCUT2D eigenvalue weighted by Gasteiger charge is -2.15. The van der Waals surface area contributed by atoms with Gasteiger partial charge in [0.2, 0.25) is 0 Å². The highest BCUT2D eigenvalue weighted by molar-refractivity contribution is 14.1. The number of hydrogen-bond donors (Lipinski definition) is 0. The van der Waals surface area contributed by atoms with Crippen LogP contribution in [0.15, 0.2) is 18.2 Å². The number of fused-ring (bicyclic) bond motifs is 1. The van der Waals surface area contributed by atoms with Crippen molar-refractivity contribution in [2.24, 2.45) is 0 Å². The van der Waals surface area contributed by atoms with Gasteiger partial charge in [0.1, 0.15) is 0 Å². The largest absolute Gasteiger partial charge is 0.377 e. The van der Waals surface area contributed by atoms with Gasteiger partial charge in [-0.3, -0.25) is 14.5 Å². The first-order valence-electron chi connectivity index (χ1n) is 5.78. The van der Waals surface area contributed by atoms with E-state index in [1.54, 1.807) is 12.1 Å². The summed E-state index contributed by atoms with van der Waals surface area (Å²) in [6.07, 6.45) is 0.0975. The Morgan fingerprint density at radius 1 is 1.28 bits per heavy atom. The number of halogens is 1. The molecule has 0 spiro atoms. The molecular weight excluding hydrogens is 345 g/mol. The van der Waals surface area contributed by atoms with Crippen LogP contribution < -0.4 is 0 Å². The number of hydrogen-bond acceptors (Lipinski definition) is 3. The van der Waals surface area contributed by atoms with Gasteiger partial charge in [0, 0.05) is 3.57 Å². The maximum Gasteiger partial charge on any atom is 0.262 e. The van der Waals surface area contributed by atoms with Crippen LogP contribution in [0.3, 0.4) is 0 Å². The Morgan fingerprint density at radius 3 is 2.61 bits per heavy atom. The molecule has 5 heteroatoms. The van der Waals surface area contributed by atoms with Crippen LogP contribution in [0.1, 0.15) is 34.6 Å². The lowest BCUT2D eigenvalue weighted by atomic mass is 10.1. The summed E-state index contributed by atoms with van der Waals surface area (Å²) in [5.41, 5.74) is 1.02. The monoisotopic (exact) mass is 359 g/mol. The lowest BCUT2D eigenvalue weighted by molar-refractivity contribution is 0.0448. The van der Waals surface area contributed by atoms with Crippen molar-refractivity contribution < 1.29 is 14.3 Å². The first-order valence-corrected chi connectivity index (χ1v) is 6.86. The number of carbonyl (C=O) groups excluding carboxylic acids is 2. The number of benzene rings is 1. The summed E-state index contributed by atoms with van der Waals surface area (Å²) in [6, 6.07) is 5.32. The van der Waals surface area contributed by atoms with Crippen molar-refractivity contribution in [1.82, 2.24) is 4.90 Å². The maximum atomic E-state index is 12.1. The summed E-state index contributed by atoms with van der Waals surface area (Å²) in [6.45, 7) is 4.52. The van der Waals surface area contributed by atoms with E-state index in [1.165, 1.54) is 4.90 Å². The highest BCUT2D eigenvalue weighted by atomic mass is 127. The zero-order chi connectivity index (χ0) is 13.3. The number of amides is 2. The Bertz CT molecular complexity index is 499. The number of rotatable bonds is 4. The molecule has 0 saturated carbocycles. The molecule has 1 heterocycles. The predicted molar refractivity (Wildman–Crippen MR) is 75.6 cm³/mol. The van der Waals surface area contributed by atoms with Crippen LogP contribution in [0, 0.1) is 3.57 Å². The quantitative estimate of drug-likeness (QED) is 0.612. The van der Waals surface area contributed by atoms with Crippen LogP contribution in [-0.4, -0.2) is 36.0 Å². The Kier molecular flexibility index (Phi) is 4.01. The smallest absolute Gasteiger partial charge is 0.262 e. The Hall–Kier alpha value is -0.950. The van der Waals surface area contributed by atoms with Gasteiger partial charge in [0.15, 0.2) is 0 Å². The van der Waals surface area contributed by atoms with Crippen LogP contribution >= 0.6 is 22.6 Å². The van der Waals surface area contributed by atoms with Gasteiger partial charge in [0.25, 0.3) is 11.8 Å². The second kappa shape index (κ2) is 5.36. The lowest BCUT2D eigenvalue weighted by Crippen LogP contribution is -2.33. The van der Waals surface area contributed by atoms with Crippen LogP contribution in [0.4, 0.5) is 0 Å². The standard InChI is InChI=1S/C13H14INO3/c1-8(2)18-7-6-15-12(16)9-4-3-5-10(14)11(9)13(15)17/h3-5,8H,6-7H2,1-2H3. The first kappa shape index (κ1) is 13.5. The molecule has 0 fully saturated rings. The number of nitrogens with zero attached hydrogens (tertiary/aromatic N) is 1. The van der Waals surface area contributed by atoms with Crippen LogP contribution in [0.2, 0.25) is 0 Å². The molecule has 0 bridgehead atoms. The fourth-order valence-corrected chi connectivity index (χ4v) is 2.60. The van der Waals surface area contributed by atoms with E-state index in [0.29, 0.717) is 24.3 Å². The van der Waals surface area contributed by atoms with Crippen molar-refractivity contribution in [3.05, 3.63) is 32.9 Å². The van der Waals surface area contributed by atoms with E-state index in [0.717, 1.165) is 3.57 Å². The molecule has 96 valence electrons. The predicted octanol–water partition coefficient (Wildman–Crippen LogP) is 2.31. The van der Waals surface area contributed by atoms with Crippen molar-refractivity contribution in [2.75, 3.05) is 13.2 Å². The Morgan fingerprint density at radius 2 is 2.00 bits per heavy atom. The molecule has 0 aliphatic carbocycles. The molecule has 1 aromatic carbocycles. The minimum absolute atomic E-state index is 0.0975. The molecule has 2 amide bonds. The number of imide groups is 1. The average molecular weight is 359 g/mol. The van der Waals surface area contributed by atoms with E-state index >= 15 is 0 Å². The third-order valence-corrected chi connectivity index (χ3v) is 3.61. The van der Waals surface area contributed by atoms with Gasteiger partial charge in [-0.25, -0.2) is 0 Å². The zero-order valence-electron chi connectivity index (χ0n) is 10.3. The summed E-state index contributed by atoms with van der Waals surface area (Å²) in [7, 11) is 0. The molecule has 1 aromatic rings. The summed E-state index contributed by atoms with van der Waals surface area (Å²) in [4.78, 5) is 25.5. The highest BCUT2D eigenvalue weighted by Gasteiger charge is 2.36. The molecule has 0 saturated heterocycles. The minimum atomic E-state index is -0.221. The topological polar surface area (TPSA) is 46.6 Å². The molecule has 0 N–H and O–H groups in total. The summed E-state index contributed by atoms with van der Waals surface area (Å²) >= 11 is 2.08. The number of ether oxygens (including phenoxy) is 1. The van der Waals surface area contributed by atoms with Gasteiger partial charge in [-0.1, -0.05) is 6.07 Å². The second-order valence-electron chi connectivity index (χ2n) is 4.34. The van der Waals surface area contributed by atoms with Gasteiger partial charge >= 0.3 is 0 Å². The molecule has 1 aliphatic rings. The van der Waals surface area contributed by atoms with Crippen LogP contribution in [-0.2, 0) is 4.74 Å². The van der Waals surface area contributed by atoms with E-state index in [-0.39, 0.29) is 17.9 Å². The van der Waals surface area contributed by atoms with Gasteiger partial charge in [-0.15, -0.1) is 0 Å². The van der Waals surface area contributed by atoms with E-state index in [4.69, 9.17) is 4.74 Å². The SMILES string of the molecule is CC(C)OCCN1C(=O)c2cccc(I)c2C1=O. The third-order valence-electron chi connectivity index (χ3n) is 2.71. The second-order valence-corrected chi connectivity index (χ2v) is 5.51. The molecule has 1 aliphatic heterocycles. The molecule has 18 heavy (non-hydrogen) atoms. The van der Waals surface area contributed by atoms with E-state index in [2.05, 4.69) is 22.6 Å². The van der Waals surface area contributed by atoms with Crippen molar-refractivity contribution in [3.63, 3.8) is 0 Å². The zero-order valence-corrected chi connectivity index (χ0v) is 12.4. The molecule has 0 atom stereocenters. The minimum Gasteiger partial charge on any atom is -0.377 e. The molecule has 2 rings (SSSR count). The van der Waals surface area contributed by atoms with E-state index < -0.39 is 0 Å². The summed E-state index contributed by atoms with van der Waals surface area (Å²) < 4.78 is 6.20. The summed E-state index contributed by atoms with van der Waals surface area (Å²) in [5.74, 6) is -0.437. The molecular formula is C13H14INO3. The average Bonchev–Trinajstić information content (AvgIpc) is 2.55. The van der Waals surface area contributed by atoms with Gasteiger partial charge in [0.05, 0.1) is 30.4 Å². The van der Waals surface area contributed by atoms with E-state index in [1.807, 2.05) is 19.9 Å². The normalized spacial score (nSPS) is 14.6. The van der Waals surface area contributed by atoms with Gasteiger partial charge in [-0.2, -0.15) is 0 Å². The fraction of sp³-hybridized carbons (Fsp3) is 0.385. The third kappa shape index (κ3) is 2.42. The maximum absolute atomic E-state index is 12.1. The van der Waals surface area contributed by atoms with Crippen LogP contribution in [0.25, 0.3) is 0 Å². The first-order chi connectivity index (χ1) is 8.52. The van der Waals surface area contributed by atoms with Crippen molar-refractivity contribution in [1.29, 1.82) is 0 Å². The molecule has 4 nitrogen and oxygen atoms in total. The van der Waals surface area contributed by atoms with Crippen molar-refractivity contribution >= 4 is 34.4 Å². The number of carbonyl (C=O) groups is 2. The Labute approximate surface area is 119 Å². The molecule has 0 aromatic heterocycles. The fourth-order valence-electron chi connectivity index (χ4n) is 1.88.